The van der Waals surface area contributed by atoms with E-state index in [-0.39, 0.29) is 11.3 Å². The van der Waals surface area contributed by atoms with Gasteiger partial charge in [0.2, 0.25) is 0 Å². The summed E-state index contributed by atoms with van der Waals surface area (Å²) in [5.74, 6) is 2.11. The lowest BCUT2D eigenvalue weighted by Crippen LogP contribution is -2.22. The number of hydrogen-bond acceptors (Lipinski definition) is 5. The molecule has 0 fully saturated rings. The van der Waals surface area contributed by atoms with E-state index >= 15 is 0 Å². The minimum Gasteiger partial charge on any atom is -0.496 e. The second-order valence-electron chi connectivity index (χ2n) is 3.96. The number of nitrogens with two attached hydrogens (primary N) is 1. The van der Waals surface area contributed by atoms with Crippen molar-refractivity contribution in [3.63, 3.8) is 0 Å². The van der Waals surface area contributed by atoms with Crippen LogP contribution < -0.4 is 19.9 Å². The Kier molecular flexibility index (Phi) is 5.62. The highest BCUT2D eigenvalue weighted by Gasteiger charge is 2.22. The molecule has 1 aromatic rings. The lowest BCUT2D eigenvalue weighted by molar-refractivity contribution is 0.347. The molecule has 0 aliphatic heterocycles. The Morgan fingerprint density at radius 1 is 1.00 bits per heavy atom. The van der Waals surface area contributed by atoms with Crippen LogP contribution in [-0.4, -0.2) is 33.6 Å². The average molecular weight is 271 g/mol. The van der Waals surface area contributed by atoms with E-state index < -0.39 is 0 Å². The van der Waals surface area contributed by atoms with Crippen molar-refractivity contribution in [1.82, 2.24) is 0 Å². The van der Waals surface area contributed by atoms with Gasteiger partial charge in [0.15, 0.2) is 11.5 Å². The van der Waals surface area contributed by atoms with Crippen molar-refractivity contribution in [2.45, 2.75) is 18.2 Å². The summed E-state index contributed by atoms with van der Waals surface area (Å²) in [5.41, 5.74) is 7.04. The second-order valence-corrected chi connectivity index (χ2v) is 4.94. The molecule has 2 unspecified atom stereocenters. The predicted molar refractivity (Wildman–Crippen MR) is 76.0 cm³/mol. The van der Waals surface area contributed by atoms with E-state index in [1.807, 2.05) is 25.3 Å². The van der Waals surface area contributed by atoms with Crippen LogP contribution in [0.2, 0.25) is 0 Å². The van der Waals surface area contributed by atoms with Crippen molar-refractivity contribution in [2.24, 2.45) is 5.73 Å². The molecule has 1 aromatic carbocycles. The van der Waals surface area contributed by atoms with E-state index in [1.165, 1.54) is 0 Å². The van der Waals surface area contributed by atoms with Gasteiger partial charge in [-0.2, -0.15) is 11.8 Å². The summed E-state index contributed by atoms with van der Waals surface area (Å²) in [6.07, 6.45) is 2.03. The van der Waals surface area contributed by atoms with Gasteiger partial charge in [-0.3, -0.25) is 0 Å². The molecule has 1 rings (SSSR count). The smallest absolute Gasteiger partial charge is 0.164 e. The van der Waals surface area contributed by atoms with Crippen LogP contribution in [-0.2, 0) is 0 Å². The Bertz CT molecular complexity index is 396. The molecule has 0 aliphatic rings. The fourth-order valence-corrected chi connectivity index (χ4v) is 2.77. The normalized spacial score (nSPS) is 13.9. The molecular weight excluding hydrogens is 250 g/mol. The van der Waals surface area contributed by atoms with Gasteiger partial charge in [0, 0.05) is 22.9 Å². The SMILES string of the molecule is COc1cc(OC)c(C(SC)C(C)N)cc1OC. The number of methoxy groups -OCH3 is 3. The lowest BCUT2D eigenvalue weighted by Gasteiger charge is -2.22. The standard InChI is InChI=1S/C13H21NO3S/c1-8(14)13(18-5)9-6-11(16-3)12(17-4)7-10(9)15-2/h6-8,13H,14H2,1-5H3. The third kappa shape index (κ3) is 3.03. The summed E-state index contributed by atoms with van der Waals surface area (Å²) in [6, 6.07) is 3.79. The van der Waals surface area contributed by atoms with Gasteiger partial charge in [0.05, 0.1) is 21.3 Å². The first-order valence-electron chi connectivity index (χ1n) is 5.67. The van der Waals surface area contributed by atoms with Crippen LogP contribution in [0.4, 0.5) is 0 Å². The van der Waals surface area contributed by atoms with Gasteiger partial charge in [-0.15, -0.1) is 0 Å². The molecule has 5 heteroatoms. The van der Waals surface area contributed by atoms with Gasteiger partial charge in [-0.1, -0.05) is 0 Å². The molecule has 0 spiro atoms. The van der Waals surface area contributed by atoms with Crippen molar-refractivity contribution < 1.29 is 14.2 Å². The first kappa shape index (κ1) is 15.0. The van der Waals surface area contributed by atoms with Crippen molar-refractivity contribution in [3.05, 3.63) is 17.7 Å². The van der Waals surface area contributed by atoms with Gasteiger partial charge >= 0.3 is 0 Å². The summed E-state index contributed by atoms with van der Waals surface area (Å²) < 4.78 is 16.0. The average Bonchev–Trinajstić information content (AvgIpc) is 2.38. The van der Waals surface area contributed by atoms with E-state index in [4.69, 9.17) is 19.9 Å². The van der Waals surface area contributed by atoms with Crippen LogP contribution in [0.3, 0.4) is 0 Å². The highest BCUT2D eigenvalue weighted by atomic mass is 32.2. The first-order chi connectivity index (χ1) is 8.58. The predicted octanol–water partition coefficient (Wildman–Crippen LogP) is 2.46. The summed E-state index contributed by atoms with van der Waals surface area (Å²) in [7, 11) is 4.87. The Hall–Kier alpha value is -1.07. The second kappa shape index (κ2) is 6.75. The van der Waals surface area contributed by atoms with Crippen molar-refractivity contribution in [1.29, 1.82) is 0 Å². The minimum atomic E-state index is 0.0204. The van der Waals surface area contributed by atoms with Crippen LogP contribution in [0.5, 0.6) is 17.2 Å². The molecule has 0 bridgehead atoms. The fraction of sp³-hybridized carbons (Fsp3) is 0.538. The molecular formula is C13H21NO3S. The third-order valence-corrected chi connectivity index (χ3v) is 3.96. The maximum Gasteiger partial charge on any atom is 0.164 e. The molecule has 2 atom stereocenters. The molecule has 18 heavy (non-hydrogen) atoms. The molecule has 102 valence electrons. The topological polar surface area (TPSA) is 53.7 Å². The zero-order valence-corrected chi connectivity index (χ0v) is 12.3. The molecule has 0 aliphatic carbocycles. The highest BCUT2D eigenvalue weighted by Crippen LogP contribution is 2.42. The summed E-state index contributed by atoms with van der Waals surface area (Å²) in [5, 5.41) is 0.153. The fourth-order valence-electron chi connectivity index (χ4n) is 1.90. The lowest BCUT2D eigenvalue weighted by atomic mass is 10.0. The van der Waals surface area contributed by atoms with E-state index in [1.54, 1.807) is 33.1 Å². The molecule has 2 N–H and O–H groups in total. The van der Waals surface area contributed by atoms with E-state index in [9.17, 15) is 0 Å². The summed E-state index contributed by atoms with van der Waals surface area (Å²) in [6.45, 7) is 1.98. The van der Waals surface area contributed by atoms with Gasteiger partial charge < -0.3 is 19.9 Å². The summed E-state index contributed by atoms with van der Waals surface area (Å²) >= 11 is 1.69. The zero-order chi connectivity index (χ0) is 13.7. The Morgan fingerprint density at radius 2 is 1.50 bits per heavy atom. The van der Waals surface area contributed by atoms with Crippen molar-refractivity contribution >= 4 is 11.8 Å². The van der Waals surface area contributed by atoms with Crippen molar-refractivity contribution in [3.8, 4) is 17.2 Å². The van der Waals surface area contributed by atoms with Crippen LogP contribution in [0.25, 0.3) is 0 Å². The van der Waals surface area contributed by atoms with E-state index in [2.05, 4.69) is 0 Å². The quantitative estimate of drug-likeness (QED) is 0.861. The highest BCUT2D eigenvalue weighted by molar-refractivity contribution is 7.98. The number of rotatable bonds is 6. The molecule has 0 saturated heterocycles. The van der Waals surface area contributed by atoms with Gasteiger partial charge in [-0.25, -0.2) is 0 Å². The molecule has 4 nitrogen and oxygen atoms in total. The van der Waals surface area contributed by atoms with Gasteiger partial charge in [0.25, 0.3) is 0 Å². The first-order valence-corrected chi connectivity index (χ1v) is 6.96. The Morgan fingerprint density at radius 3 is 1.89 bits per heavy atom. The maximum absolute atomic E-state index is 6.02. The maximum atomic E-state index is 6.02. The number of thioether (sulfide) groups is 1. The van der Waals surface area contributed by atoms with Crippen LogP contribution in [0.1, 0.15) is 17.7 Å². The number of ether oxygens (including phenoxy) is 3. The van der Waals surface area contributed by atoms with Crippen LogP contribution in [0.15, 0.2) is 12.1 Å². The molecule has 0 amide bonds. The Balaban J connectivity index is 3.32. The van der Waals surface area contributed by atoms with Crippen LogP contribution >= 0.6 is 11.8 Å². The van der Waals surface area contributed by atoms with Gasteiger partial charge in [0.1, 0.15) is 5.75 Å². The Labute approximate surface area is 113 Å². The third-order valence-electron chi connectivity index (χ3n) is 2.77. The van der Waals surface area contributed by atoms with E-state index in [0.717, 1.165) is 11.3 Å². The molecule has 0 radical (unpaired) electrons. The molecule has 0 saturated carbocycles. The van der Waals surface area contributed by atoms with Gasteiger partial charge in [-0.05, 0) is 19.2 Å². The number of hydrogen-bond donors (Lipinski definition) is 1. The zero-order valence-electron chi connectivity index (χ0n) is 11.5. The van der Waals surface area contributed by atoms with E-state index in [0.29, 0.717) is 11.5 Å². The molecule has 0 aromatic heterocycles. The van der Waals surface area contributed by atoms with Crippen LogP contribution in [0, 0.1) is 0 Å². The summed E-state index contributed by atoms with van der Waals surface area (Å²) in [4.78, 5) is 0. The van der Waals surface area contributed by atoms with Crippen molar-refractivity contribution in [2.75, 3.05) is 27.6 Å². The molecule has 0 heterocycles. The largest absolute Gasteiger partial charge is 0.496 e. The monoisotopic (exact) mass is 271 g/mol. The minimum absolute atomic E-state index is 0.0204. The number of benzene rings is 1.